The molecule has 86 valence electrons. The summed E-state index contributed by atoms with van der Waals surface area (Å²) in [5.41, 5.74) is 1.12. The van der Waals surface area contributed by atoms with Crippen LogP contribution in [-0.4, -0.2) is 18.1 Å². The molecule has 1 aromatic heterocycles. The fraction of sp³-hybridized carbons (Fsp3) is 0.615. The van der Waals surface area contributed by atoms with Gasteiger partial charge in [0.2, 0.25) is 5.88 Å². The van der Waals surface area contributed by atoms with Crippen molar-refractivity contribution in [3.05, 3.63) is 18.3 Å². The van der Waals surface area contributed by atoms with E-state index in [4.69, 9.17) is 4.74 Å². The summed E-state index contributed by atoms with van der Waals surface area (Å²) in [5.74, 6) is 2.55. The van der Waals surface area contributed by atoms with E-state index < -0.39 is 0 Å². The summed E-state index contributed by atoms with van der Waals surface area (Å²) in [6.07, 6.45) is 7.50. The maximum atomic E-state index is 5.05. The molecule has 3 unspecified atom stereocenters. The monoisotopic (exact) mass is 218 g/mol. The fourth-order valence-corrected chi connectivity index (χ4v) is 3.22. The molecule has 2 aliphatic carbocycles. The molecule has 1 aromatic rings. The Bertz CT molecular complexity index is 363. The highest BCUT2D eigenvalue weighted by Gasteiger charge is 2.39. The Morgan fingerprint density at radius 1 is 1.31 bits per heavy atom. The highest BCUT2D eigenvalue weighted by Crippen LogP contribution is 2.45. The number of hydrogen-bond acceptors (Lipinski definition) is 3. The van der Waals surface area contributed by atoms with Crippen LogP contribution in [-0.2, 0) is 0 Å². The summed E-state index contributed by atoms with van der Waals surface area (Å²) in [6.45, 7) is 0. The van der Waals surface area contributed by atoms with Gasteiger partial charge in [0.25, 0.3) is 0 Å². The summed E-state index contributed by atoms with van der Waals surface area (Å²) >= 11 is 0. The molecule has 0 saturated heterocycles. The Kier molecular flexibility index (Phi) is 2.46. The van der Waals surface area contributed by atoms with Crippen LogP contribution in [0.4, 0.5) is 5.69 Å². The van der Waals surface area contributed by atoms with Crippen molar-refractivity contribution in [3.8, 4) is 5.88 Å². The third-order valence-electron chi connectivity index (χ3n) is 4.04. The maximum absolute atomic E-state index is 5.05. The number of nitrogens with zero attached hydrogens (tertiary/aromatic N) is 1. The molecule has 0 radical (unpaired) electrons. The average Bonchev–Trinajstić information content (AvgIpc) is 2.92. The van der Waals surface area contributed by atoms with Gasteiger partial charge in [0.05, 0.1) is 19.0 Å². The minimum Gasteiger partial charge on any atom is -0.481 e. The van der Waals surface area contributed by atoms with E-state index in [1.165, 1.54) is 25.7 Å². The number of hydrogen-bond donors (Lipinski definition) is 1. The van der Waals surface area contributed by atoms with Gasteiger partial charge in [0.1, 0.15) is 0 Å². The van der Waals surface area contributed by atoms with E-state index in [0.29, 0.717) is 11.9 Å². The minimum atomic E-state index is 0.675. The number of anilines is 1. The second-order valence-electron chi connectivity index (χ2n) is 5.01. The van der Waals surface area contributed by atoms with Crippen LogP contribution < -0.4 is 10.1 Å². The lowest BCUT2D eigenvalue weighted by Gasteiger charge is -2.23. The van der Waals surface area contributed by atoms with Gasteiger partial charge >= 0.3 is 0 Å². The predicted octanol–water partition coefficient (Wildman–Crippen LogP) is 2.69. The first kappa shape index (κ1) is 9.94. The number of nitrogens with one attached hydrogen (secondary N) is 1. The van der Waals surface area contributed by atoms with E-state index in [1.807, 2.05) is 12.3 Å². The van der Waals surface area contributed by atoms with Crippen LogP contribution in [0.2, 0.25) is 0 Å². The van der Waals surface area contributed by atoms with Crippen molar-refractivity contribution in [2.75, 3.05) is 12.4 Å². The predicted molar refractivity (Wildman–Crippen MR) is 63.6 cm³/mol. The number of rotatable bonds is 3. The topological polar surface area (TPSA) is 34.1 Å². The van der Waals surface area contributed by atoms with E-state index in [0.717, 1.165) is 17.5 Å². The van der Waals surface area contributed by atoms with Gasteiger partial charge < -0.3 is 10.1 Å². The van der Waals surface area contributed by atoms with Crippen LogP contribution in [0.3, 0.4) is 0 Å². The average molecular weight is 218 g/mol. The Balaban J connectivity index is 1.65. The molecular weight excluding hydrogens is 200 g/mol. The number of fused-ring (bicyclic) bond motifs is 2. The van der Waals surface area contributed by atoms with E-state index in [2.05, 4.69) is 16.4 Å². The lowest BCUT2D eigenvalue weighted by Crippen LogP contribution is -2.25. The standard InChI is InChI=1S/C13H18N2O/c1-16-13-5-4-11(8-14-13)15-12-7-9-2-3-10(12)6-9/h4-5,8-10,12,15H,2-3,6-7H2,1H3. The van der Waals surface area contributed by atoms with Crippen LogP contribution in [0, 0.1) is 11.8 Å². The molecule has 2 bridgehead atoms. The first-order chi connectivity index (χ1) is 7.85. The highest BCUT2D eigenvalue weighted by molar-refractivity contribution is 5.43. The van der Waals surface area contributed by atoms with Gasteiger partial charge in [-0.1, -0.05) is 6.42 Å². The molecule has 0 amide bonds. The Morgan fingerprint density at radius 2 is 2.25 bits per heavy atom. The minimum absolute atomic E-state index is 0.675. The van der Waals surface area contributed by atoms with Crippen LogP contribution >= 0.6 is 0 Å². The van der Waals surface area contributed by atoms with E-state index in [9.17, 15) is 0 Å². The number of ether oxygens (including phenoxy) is 1. The van der Waals surface area contributed by atoms with Gasteiger partial charge in [-0.25, -0.2) is 4.98 Å². The summed E-state index contributed by atoms with van der Waals surface area (Å²) in [4.78, 5) is 4.22. The number of pyridine rings is 1. The van der Waals surface area contributed by atoms with Gasteiger partial charge in [-0.15, -0.1) is 0 Å². The zero-order valence-electron chi connectivity index (χ0n) is 9.65. The fourth-order valence-electron chi connectivity index (χ4n) is 3.22. The summed E-state index contributed by atoms with van der Waals surface area (Å²) in [7, 11) is 1.64. The Labute approximate surface area is 96.2 Å². The van der Waals surface area contributed by atoms with Gasteiger partial charge in [-0.3, -0.25) is 0 Å². The van der Waals surface area contributed by atoms with Crippen molar-refractivity contribution in [2.45, 2.75) is 31.7 Å². The van der Waals surface area contributed by atoms with Gasteiger partial charge in [-0.05, 0) is 37.2 Å². The molecule has 1 heterocycles. The normalized spacial score (nSPS) is 31.7. The third kappa shape index (κ3) is 1.75. The molecule has 3 heteroatoms. The molecule has 0 aromatic carbocycles. The summed E-state index contributed by atoms with van der Waals surface area (Å²) < 4.78 is 5.05. The van der Waals surface area contributed by atoms with Crippen molar-refractivity contribution < 1.29 is 4.74 Å². The zero-order valence-corrected chi connectivity index (χ0v) is 9.65. The molecule has 1 N–H and O–H groups in total. The SMILES string of the molecule is COc1ccc(NC2CC3CCC2C3)cn1. The Hall–Kier alpha value is -1.25. The van der Waals surface area contributed by atoms with Crippen molar-refractivity contribution in [1.82, 2.24) is 4.98 Å². The quantitative estimate of drug-likeness (QED) is 0.847. The molecule has 3 nitrogen and oxygen atoms in total. The molecule has 0 aliphatic heterocycles. The lowest BCUT2D eigenvalue weighted by molar-refractivity contribution is 0.397. The van der Waals surface area contributed by atoms with Gasteiger partial charge in [0, 0.05) is 12.1 Å². The number of methoxy groups -OCH3 is 1. The van der Waals surface area contributed by atoms with Crippen LogP contribution in [0.25, 0.3) is 0 Å². The lowest BCUT2D eigenvalue weighted by atomic mass is 9.95. The zero-order chi connectivity index (χ0) is 11.0. The van der Waals surface area contributed by atoms with E-state index in [1.54, 1.807) is 7.11 Å². The van der Waals surface area contributed by atoms with Crippen molar-refractivity contribution in [2.24, 2.45) is 11.8 Å². The maximum Gasteiger partial charge on any atom is 0.213 e. The second kappa shape index (κ2) is 3.96. The number of aromatic nitrogens is 1. The summed E-state index contributed by atoms with van der Waals surface area (Å²) in [5, 5.41) is 3.61. The highest BCUT2D eigenvalue weighted by atomic mass is 16.5. The van der Waals surface area contributed by atoms with Crippen LogP contribution in [0.15, 0.2) is 18.3 Å². The van der Waals surface area contributed by atoms with Gasteiger partial charge in [-0.2, -0.15) is 0 Å². The molecule has 3 rings (SSSR count). The van der Waals surface area contributed by atoms with Crippen LogP contribution in [0.1, 0.15) is 25.7 Å². The van der Waals surface area contributed by atoms with E-state index in [-0.39, 0.29) is 0 Å². The first-order valence-corrected chi connectivity index (χ1v) is 6.12. The third-order valence-corrected chi connectivity index (χ3v) is 4.04. The molecule has 2 fully saturated rings. The molecule has 2 saturated carbocycles. The molecular formula is C13H18N2O. The molecule has 0 spiro atoms. The molecule has 3 atom stereocenters. The van der Waals surface area contributed by atoms with Crippen molar-refractivity contribution >= 4 is 5.69 Å². The Morgan fingerprint density at radius 3 is 2.81 bits per heavy atom. The van der Waals surface area contributed by atoms with Gasteiger partial charge in [0.15, 0.2) is 0 Å². The molecule has 2 aliphatic rings. The largest absolute Gasteiger partial charge is 0.481 e. The first-order valence-electron chi connectivity index (χ1n) is 6.12. The molecule has 16 heavy (non-hydrogen) atoms. The second-order valence-corrected chi connectivity index (χ2v) is 5.01. The van der Waals surface area contributed by atoms with Crippen LogP contribution in [0.5, 0.6) is 5.88 Å². The smallest absolute Gasteiger partial charge is 0.213 e. The summed E-state index contributed by atoms with van der Waals surface area (Å²) in [6, 6.07) is 4.64. The van der Waals surface area contributed by atoms with Crippen molar-refractivity contribution in [1.29, 1.82) is 0 Å². The van der Waals surface area contributed by atoms with E-state index >= 15 is 0 Å². The van der Waals surface area contributed by atoms with Crippen molar-refractivity contribution in [3.63, 3.8) is 0 Å².